The number of aromatic nitrogens is 4. The Bertz CT molecular complexity index is 805. The highest BCUT2D eigenvalue weighted by atomic mass is 79.9. The van der Waals surface area contributed by atoms with E-state index in [1.807, 2.05) is 30.5 Å². The molecular formula is C14H11BrN4O2. The molecule has 2 heterocycles. The Hall–Kier alpha value is -2.41. The number of hydrogen-bond acceptors (Lipinski definition) is 3. The molecule has 0 fully saturated rings. The molecule has 3 aromatic rings. The maximum absolute atomic E-state index is 10.9. The van der Waals surface area contributed by atoms with Gasteiger partial charge in [0.25, 0.3) is 0 Å². The minimum Gasteiger partial charge on any atom is -0.476 e. The van der Waals surface area contributed by atoms with Crippen molar-refractivity contribution in [1.29, 1.82) is 0 Å². The lowest BCUT2D eigenvalue weighted by Crippen LogP contribution is -1.99. The molecule has 106 valence electrons. The number of carbonyl (C=O) groups is 1. The maximum atomic E-state index is 10.9. The second-order valence-corrected chi connectivity index (χ2v) is 5.41. The highest BCUT2D eigenvalue weighted by Crippen LogP contribution is 2.22. The molecule has 21 heavy (non-hydrogen) atoms. The van der Waals surface area contributed by atoms with Gasteiger partial charge in [0.1, 0.15) is 0 Å². The first kappa shape index (κ1) is 13.6. The summed E-state index contributed by atoms with van der Waals surface area (Å²) in [4.78, 5) is 10.9. The van der Waals surface area contributed by atoms with Gasteiger partial charge in [-0.05, 0) is 39.7 Å². The van der Waals surface area contributed by atoms with Crippen LogP contribution in [0.3, 0.4) is 0 Å². The highest BCUT2D eigenvalue weighted by Gasteiger charge is 2.12. The fourth-order valence-corrected chi connectivity index (χ4v) is 2.35. The SMILES string of the molecule is Cn1nc(C(=O)O)cc1-c1ccc(-n2cc(Br)cn2)cc1. The van der Waals surface area contributed by atoms with E-state index < -0.39 is 5.97 Å². The summed E-state index contributed by atoms with van der Waals surface area (Å²) in [7, 11) is 1.72. The van der Waals surface area contributed by atoms with Crippen molar-refractivity contribution in [3.8, 4) is 16.9 Å². The van der Waals surface area contributed by atoms with Gasteiger partial charge in [-0.15, -0.1) is 0 Å². The quantitative estimate of drug-likeness (QED) is 0.791. The molecule has 7 heteroatoms. The van der Waals surface area contributed by atoms with Crippen LogP contribution in [0.2, 0.25) is 0 Å². The summed E-state index contributed by atoms with van der Waals surface area (Å²) in [6, 6.07) is 9.22. The van der Waals surface area contributed by atoms with Gasteiger partial charge in [0, 0.05) is 13.2 Å². The average Bonchev–Trinajstić information content (AvgIpc) is 3.05. The first-order chi connectivity index (χ1) is 10.0. The van der Waals surface area contributed by atoms with Gasteiger partial charge in [-0.3, -0.25) is 4.68 Å². The first-order valence-electron chi connectivity index (χ1n) is 6.13. The average molecular weight is 347 g/mol. The zero-order chi connectivity index (χ0) is 15.0. The predicted molar refractivity (Wildman–Crippen MR) is 80.4 cm³/mol. The molecule has 0 bridgehead atoms. The molecule has 0 amide bonds. The number of halogens is 1. The fourth-order valence-electron chi connectivity index (χ4n) is 2.07. The van der Waals surface area contributed by atoms with Crippen LogP contribution < -0.4 is 0 Å². The minimum absolute atomic E-state index is 0.0348. The van der Waals surface area contributed by atoms with E-state index in [1.54, 1.807) is 28.7 Å². The molecule has 0 atom stereocenters. The zero-order valence-corrected chi connectivity index (χ0v) is 12.6. The van der Waals surface area contributed by atoms with Gasteiger partial charge in [-0.2, -0.15) is 10.2 Å². The molecular weight excluding hydrogens is 336 g/mol. The van der Waals surface area contributed by atoms with Crippen LogP contribution in [0.25, 0.3) is 16.9 Å². The van der Waals surface area contributed by atoms with E-state index in [0.717, 1.165) is 21.4 Å². The molecule has 0 unspecified atom stereocenters. The van der Waals surface area contributed by atoms with E-state index in [9.17, 15) is 4.79 Å². The van der Waals surface area contributed by atoms with Gasteiger partial charge in [-0.25, -0.2) is 9.48 Å². The number of aromatic carboxylic acids is 1. The summed E-state index contributed by atoms with van der Waals surface area (Å²) >= 11 is 3.36. The van der Waals surface area contributed by atoms with Crippen molar-refractivity contribution in [2.75, 3.05) is 0 Å². The first-order valence-corrected chi connectivity index (χ1v) is 6.92. The lowest BCUT2D eigenvalue weighted by Gasteiger charge is -2.04. The molecule has 0 saturated carbocycles. The Morgan fingerprint density at radius 1 is 1.29 bits per heavy atom. The fraction of sp³-hybridized carbons (Fsp3) is 0.0714. The predicted octanol–water partition coefficient (Wildman–Crippen LogP) is 2.73. The monoisotopic (exact) mass is 346 g/mol. The van der Waals surface area contributed by atoms with Crippen molar-refractivity contribution >= 4 is 21.9 Å². The Morgan fingerprint density at radius 3 is 2.52 bits per heavy atom. The number of nitrogens with zero attached hydrogens (tertiary/aromatic N) is 4. The normalized spacial score (nSPS) is 10.8. The molecule has 6 nitrogen and oxygen atoms in total. The Kier molecular flexibility index (Phi) is 3.34. The van der Waals surface area contributed by atoms with E-state index in [1.165, 1.54) is 0 Å². The number of rotatable bonds is 3. The van der Waals surface area contributed by atoms with Gasteiger partial charge in [0.2, 0.25) is 0 Å². The summed E-state index contributed by atoms with van der Waals surface area (Å²) in [6.45, 7) is 0. The molecule has 3 rings (SSSR count). The molecule has 0 radical (unpaired) electrons. The smallest absolute Gasteiger partial charge is 0.356 e. The molecule has 1 N–H and O–H groups in total. The van der Waals surface area contributed by atoms with Crippen molar-refractivity contribution in [3.05, 3.63) is 52.9 Å². The van der Waals surface area contributed by atoms with Crippen LogP contribution in [-0.4, -0.2) is 30.6 Å². The Balaban J connectivity index is 1.96. The summed E-state index contributed by atoms with van der Waals surface area (Å²) in [5.74, 6) is -1.03. The van der Waals surface area contributed by atoms with E-state index >= 15 is 0 Å². The van der Waals surface area contributed by atoms with E-state index in [2.05, 4.69) is 26.1 Å². The number of benzene rings is 1. The van der Waals surface area contributed by atoms with Crippen molar-refractivity contribution < 1.29 is 9.90 Å². The third-order valence-corrected chi connectivity index (χ3v) is 3.49. The Morgan fingerprint density at radius 2 is 2.00 bits per heavy atom. The third kappa shape index (κ3) is 2.59. The largest absolute Gasteiger partial charge is 0.476 e. The minimum atomic E-state index is -1.03. The molecule has 0 saturated heterocycles. The van der Waals surface area contributed by atoms with Crippen LogP contribution in [-0.2, 0) is 7.05 Å². The second kappa shape index (κ2) is 5.17. The van der Waals surface area contributed by atoms with Crippen LogP contribution in [0.1, 0.15) is 10.5 Å². The molecule has 2 aromatic heterocycles. The molecule has 0 aliphatic carbocycles. The van der Waals surface area contributed by atoms with E-state index in [4.69, 9.17) is 5.11 Å². The molecule has 0 aliphatic rings. The standard InChI is InChI=1S/C14H11BrN4O2/c1-18-13(6-12(17-18)14(20)21)9-2-4-11(5-3-9)19-8-10(15)7-16-19/h2-8H,1H3,(H,20,21). The van der Waals surface area contributed by atoms with Gasteiger partial charge < -0.3 is 5.11 Å². The number of carboxylic acids is 1. The summed E-state index contributed by atoms with van der Waals surface area (Å²) < 4.78 is 4.22. The zero-order valence-electron chi connectivity index (χ0n) is 11.1. The van der Waals surface area contributed by atoms with Gasteiger partial charge in [0.05, 0.1) is 22.1 Å². The van der Waals surface area contributed by atoms with Crippen LogP contribution >= 0.6 is 15.9 Å². The van der Waals surface area contributed by atoms with Gasteiger partial charge >= 0.3 is 5.97 Å². The van der Waals surface area contributed by atoms with Gasteiger partial charge in [-0.1, -0.05) is 12.1 Å². The second-order valence-electron chi connectivity index (χ2n) is 4.49. The summed E-state index contributed by atoms with van der Waals surface area (Å²) in [6.07, 6.45) is 3.58. The lowest BCUT2D eigenvalue weighted by atomic mass is 10.1. The van der Waals surface area contributed by atoms with Crippen LogP contribution in [0.15, 0.2) is 47.2 Å². The number of carboxylic acid groups (broad SMARTS) is 1. The number of aryl methyl sites for hydroxylation is 1. The van der Waals surface area contributed by atoms with Crippen molar-refractivity contribution in [2.24, 2.45) is 7.05 Å². The number of hydrogen-bond donors (Lipinski definition) is 1. The van der Waals surface area contributed by atoms with Crippen LogP contribution in [0.4, 0.5) is 0 Å². The molecule has 1 aromatic carbocycles. The Labute approximate surface area is 128 Å². The highest BCUT2D eigenvalue weighted by molar-refractivity contribution is 9.10. The summed E-state index contributed by atoms with van der Waals surface area (Å²) in [5.41, 5.74) is 2.60. The van der Waals surface area contributed by atoms with Crippen molar-refractivity contribution in [2.45, 2.75) is 0 Å². The van der Waals surface area contributed by atoms with E-state index in [-0.39, 0.29) is 5.69 Å². The van der Waals surface area contributed by atoms with Crippen LogP contribution in [0.5, 0.6) is 0 Å². The van der Waals surface area contributed by atoms with Gasteiger partial charge in [0.15, 0.2) is 5.69 Å². The summed E-state index contributed by atoms with van der Waals surface area (Å²) in [5, 5.41) is 17.1. The van der Waals surface area contributed by atoms with Crippen molar-refractivity contribution in [3.63, 3.8) is 0 Å². The third-order valence-electron chi connectivity index (χ3n) is 3.08. The maximum Gasteiger partial charge on any atom is 0.356 e. The van der Waals surface area contributed by atoms with Crippen LogP contribution in [0, 0.1) is 0 Å². The molecule has 0 spiro atoms. The topological polar surface area (TPSA) is 72.9 Å². The van der Waals surface area contributed by atoms with Crippen molar-refractivity contribution in [1.82, 2.24) is 19.6 Å². The lowest BCUT2D eigenvalue weighted by molar-refractivity contribution is 0.0689. The molecule has 0 aliphatic heterocycles. The van der Waals surface area contributed by atoms with E-state index in [0.29, 0.717) is 0 Å².